The van der Waals surface area contributed by atoms with Crippen LogP contribution in [0.25, 0.3) is 10.8 Å². The Bertz CT molecular complexity index is 1090. The number of benzene rings is 2. The van der Waals surface area contributed by atoms with Crippen molar-refractivity contribution in [3.63, 3.8) is 0 Å². The van der Waals surface area contributed by atoms with E-state index >= 15 is 0 Å². The molecule has 0 fully saturated rings. The van der Waals surface area contributed by atoms with Gasteiger partial charge in [-0.1, -0.05) is 48.0 Å². The fourth-order valence-corrected chi connectivity index (χ4v) is 2.99. The molecule has 28 heavy (non-hydrogen) atoms. The van der Waals surface area contributed by atoms with Gasteiger partial charge in [0.25, 0.3) is 11.5 Å². The zero-order chi connectivity index (χ0) is 20.1. The summed E-state index contributed by atoms with van der Waals surface area (Å²) in [6, 6.07) is 14.7. The van der Waals surface area contributed by atoms with E-state index in [2.05, 4.69) is 16.0 Å². The molecular weight excluding hydrogens is 356 g/mol. The number of hydrazine groups is 1. The second-order valence-corrected chi connectivity index (χ2v) is 6.51. The minimum Gasteiger partial charge on any atom is -0.273 e. The van der Waals surface area contributed by atoms with E-state index in [0.29, 0.717) is 23.7 Å². The lowest BCUT2D eigenvalue weighted by molar-refractivity contribution is -0.121. The third kappa shape index (κ3) is 4.25. The zero-order valence-corrected chi connectivity index (χ0v) is 15.9. The summed E-state index contributed by atoms with van der Waals surface area (Å²) < 4.78 is 1.23. The van der Waals surface area contributed by atoms with Crippen molar-refractivity contribution < 1.29 is 9.59 Å². The molecule has 7 nitrogen and oxygen atoms in total. The van der Waals surface area contributed by atoms with Crippen LogP contribution < -0.4 is 16.4 Å². The van der Waals surface area contributed by atoms with Crippen LogP contribution in [0, 0.1) is 6.92 Å². The Labute approximate surface area is 162 Å². The Balaban J connectivity index is 1.69. The third-order valence-electron chi connectivity index (χ3n) is 4.42. The Hall–Kier alpha value is -3.48. The highest BCUT2D eigenvalue weighted by Crippen LogP contribution is 2.13. The van der Waals surface area contributed by atoms with Gasteiger partial charge in [0.2, 0.25) is 5.91 Å². The molecule has 0 bridgehead atoms. The quantitative estimate of drug-likeness (QED) is 0.665. The van der Waals surface area contributed by atoms with Gasteiger partial charge in [-0.05, 0) is 31.9 Å². The van der Waals surface area contributed by atoms with Gasteiger partial charge >= 0.3 is 0 Å². The number of aryl methyl sites for hydroxylation is 3. The summed E-state index contributed by atoms with van der Waals surface area (Å²) in [5, 5.41) is 5.00. The van der Waals surface area contributed by atoms with E-state index in [-0.39, 0.29) is 23.6 Å². The molecule has 0 aliphatic carbocycles. The topological polar surface area (TPSA) is 93.1 Å². The van der Waals surface area contributed by atoms with Crippen LogP contribution in [0.15, 0.2) is 53.3 Å². The van der Waals surface area contributed by atoms with E-state index < -0.39 is 5.91 Å². The standard InChI is InChI=1S/C21H22N4O3/c1-3-25-21(28)17-10-5-4-9-16(17)19(24-25)20(27)23-22-18(26)12-11-15-8-6-7-14(2)13-15/h4-10,13H,3,11-12H2,1-2H3,(H,22,26)(H,23,27). The average molecular weight is 378 g/mol. The minimum absolute atomic E-state index is 0.0936. The van der Waals surface area contributed by atoms with Crippen molar-refractivity contribution in [1.82, 2.24) is 20.6 Å². The molecule has 0 saturated heterocycles. The second-order valence-electron chi connectivity index (χ2n) is 6.51. The Morgan fingerprint density at radius 3 is 2.50 bits per heavy atom. The second kappa shape index (κ2) is 8.47. The summed E-state index contributed by atoms with van der Waals surface area (Å²) in [6.45, 7) is 4.11. The van der Waals surface area contributed by atoms with Gasteiger partial charge in [-0.3, -0.25) is 25.2 Å². The fraction of sp³-hybridized carbons (Fsp3) is 0.238. The number of rotatable bonds is 5. The molecule has 2 aromatic carbocycles. The summed E-state index contributed by atoms with van der Waals surface area (Å²) in [5.74, 6) is -0.870. The first-order chi connectivity index (χ1) is 13.5. The van der Waals surface area contributed by atoms with Crippen molar-refractivity contribution in [2.45, 2.75) is 33.2 Å². The highest BCUT2D eigenvalue weighted by atomic mass is 16.2. The Kier molecular flexibility index (Phi) is 5.84. The van der Waals surface area contributed by atoms with Gasteiger partial charge < -0.3 is 0 Å². The lowest BCUT2D eigenvalue weighted by Gasteiger charge is -2.11. The number of amides is 2. The number of nitrogens with one attached hydrogen (secondary N) is 2. The SMILES string of the molecule is CCn1nc(C(=O)NNC(=O)CCc2cccc(C)c2)c2ccccc2c1=O. The van der Waals surface area contributed by atoms with E-state index in [1.807, 2.05) is 31.2 Å². The van der Waals surface area contributed by atoms with Crippen LogP contribution in [-0.4, -0.2) is 21.6 Å². The molecule has 7 heteroatoms. The molecule has 0 unspecified atom stereocenters. The molecule has 0 aliphatic rings. The molecule has 0 atom stereocenters. The number of hydrogen-bond donors (Lipinski definition) is 2. The lowest BCUT2D eigenvalue weighted by Crippen LogP contribution is -2.42. The first-order valence-corrected chi connectivity index (χ1v) is 9.14. The molecule has 0 radical (unpaired) electrons. The van der Waals surface area contributed by atoms with Crippen molar-refractivity contribution >= 4 is 22.6 Å². The molecule has 0 saturated carbocycles. The molecule has 144 valence electrons. The first-order valence-electron chi connectivity index (χ1n) is 9.14. The third-order valence-corrected chi connectivity index (χ3v) is 4.42. The monoisotopic (exact) mass is 378 g/mol. The van der Waals surface area contributed by atoms with Crippen molar-refractivity contribution in [2.75, 3.05) is 0 Å². The van der Waals surface area contributed by atoms with Crippen LogP contribution in [0.4, 0.5) is 0 Å². The molecule has 1 heterocycles. The number of nitrogens with zero attached hydrogens (tertiary/aromatic N) is 2. The smallest absolute Gasteiger partial charge is 0.273 e. The van der Waals surface area contributed by atoms with Gasteiger partial charge in [0.1, 0.15) is 0 Å². The predicted molar refractivity (Wildman–Crippen MR) is 107 cm³/mol. The lowest BCUT2D eigenvalue weighted by atomic mass is 10.1. The maximum absolute atomic E-state index is 12.6. The maximum atomic E-state index is 12.6. The molecule has 2 amide bonds. The van der Waals surface area contributed by atoms with Crippen molar-refractivity contribution in [3.8, 4) is 0 Å². The number of carbonyl (C=O) groups is 2. The number of carbonyl (C=O) groups excluding carboxylic acids is 2. The number of aromatic nitrogens is 2. The van der Waals surface area contributed by atoms with Crippen molar-refractivity contribution in [3.05, 3.63) is 75.7 Å². The van der Waals surface area contributed by atoms with E-state index in [1.54, 1.807) is 31.2 Å². The van der Waals surface area contributed by atoms with E-state index in [4.69, 9.17) is 0 Å². The number of hydrogen-bond acceptors (Lipinski definition) is 4. The van der Waals surface area contributed by atoms with Crippen molar-refractivity contribution in [2.24, 2.45) is 0 Å². The van der Waals surface area contributed by atoms with Gasteiger partial charge in [0, 0.05) is 18.4 Å². The summed E-state index contributed by atoms with van der Waals surface area (Å²) in [6.07, 6.45) is 0.817. The van der Waals surface area contributed by atoms with Gasteiger partial charge in [-0.2, -0.15) is 5.10 Å². The Morgan fingerprint density at radius 2 is 1.79 bits per heavy atom. The van der Waals surface area contributed by atoms with Crippen LogP contribution in [0.1, 0.15) is 35.0 Å². The van der Waals surface area contributed by atoms with E-state index in [1.165, 1.54) is 4.68 Å². The van der Waals surface area contributed by atoms with Crippen LogP contribution in [0.5, 0.6) is 0 Å². The van der Waals surface area contributed by atoms with Crippen LogP contribution in [-0.2, 0) is 17.8 Å². The molecule has 0 spiro atoms. The van der Waals surface area contributed by atoms with Gasteiger partial charge in [-0.15, -0.1) is 0 Å². The molecule has 1 aromatic heterocycles. The van der Waals surface area contributed by atoms with Gasteiger partial charge in [0.15, 0.2) is 5.69 Å². The Morgan fingerprint density at radius 1 is 1.04 bits per heavy atom. The van der Waals surface area contributed by atoms with Crippen LogP contribution >= 0.6 is 0 Å². The molecule has 3 rings (SSSR count). The van der Waals surface area contributed by atoms with Crippen LogP contribution in [0.3, 0.4) is 0 Å². The minimum atomic E-state index is -0.567. The normalized spacial score (nSPS) is 10.6. The number of fused-ring (bicyclic) bond motifs is 1. The predicted octanol–water partition coefficient (Wildman–Crippen LogP) is 2.12. The van der Waals surface area contributed by atoms with Gasteiger partial charge in [0.05, 0.1) is 5.39 Å². The zero-order valence-electron chi connectivity index (χ0n) is 15.9. The molecule has 2 N–H and O–H groups in total. The highest BCUT2D eigenvalue weighted by molar-refractivity contribution is 6.05. The summed E-state index contributed by atoms with van der Waals surface area (Å²) in [4.78, 5) is 37.0. The molecule has 3 aromatic rings. The first kappa shape index (κ1) is 19.3. The molecular formula is C21H22N4O3. The average Bonchev–Trinajstić information content (AvgIpc) is 2.71. The van der Waals surface area contributed by atoms with E-state index in [0.717, 1.165) is 11.1 Å². The maximum Gasteiger partial charge on any atom is 0.290 e. The van der Waals surface area contributed by atoms with E-state index in [9.17, 15) is 14.4 Å². The largest absolute Gasteiger partial charge is 0.290 e. The summed E-state index contributed by atoms with van der Waals surface area (Å²) in [7, 11) is 0. The summed E-state index contributed by atoms with van der Waals surface area (Å²) in [5.41, 5.74) is 6.84. The van der Waals surface area contributed by atoms with Gasteiger partial charge in [-0.25, -0.2) is 4.68 Å². The molecule has 0 aliphatic heterocycles. The fourth-order valence-electron chi connectivity index (χ4n) is 2.99. The van der Waals surface area contributed by atoms with Crippen molar-refractivity contribution in [1.29, 1.82) is 0 Å². The van der Waals surface area contributed by atoms with Crippen LogP contribution in [0.2, 0.25) is 0 Å². The highest BCUT2D eigenvalue weighted by Gasteiger charge is 2.16. The summed E-state index contributed by atoms with van der Waals surface area (Å²) >= 11 is 0.